The zero-order valence-electron chi connectivity index (χ0n) is 12.6. The molecule has 0 saturated heterocycles. The minimum atomic E-state index is 0.633. The van der Waals surface area contributed by atoms with Gasteiger partial charge >= 0.3 is 0 Å². The largest absolute Gasteiger partial charge is 0.0651 e. The number of rotatable bonds is 2. The highest BCUT2D eigenvalue weighted by Crippen LogP contribution is 2.40. The molecule has 0 aliphatic heterocycles. The average molecular weight is 238 g/mol. The molecule has 0 bridgehead atoms. The molecule has 1 saturated carbocycles. The summed E-state index contributed by atoms with van der Waals surface area (Å²) in [5.41, 5.74) is 0.633. The first-order chi connectivity index (χ1) is 8.19. The van der Waals surface area contributed by atoms with Crippen molar-refractivity contribution in [2.75, 3.05) is 0 Å². The van der Waals surface area contributed by atoms with Gasteiger partial charge in [-0.3, -0.25) is 0 Å². The maximum Gasteiger partial charge on any atom is -0.0300 e. The van der Waals surface area contributed by atoms with Gasteiger partial charge in [-0.1, -0.05) is 85.0 Å². The zero-order valence-corrected chi connectivity index (χ0v) is 12.6. The van der Waals surface area contributed by atoms with E-state index in [0.717, 1.165) is 5.92 Å². The van der Waals surface area contributed by atoms with E-state index in [0.29, 0.717) is 5.41 Å². The van der Waals surface area contributed by atoms with Crippen LogP contribution in [0.2, 0.25) is 0 Å². The van der Waals surface area contributed by atoms with Crippen molar-refractivity contribution in [1.82, 2.24) is 0 Å². The van der Waals surface area contributed by atoms with E-state index < -0.39 is 0 Å². The molecule has 0 N–H and O–H groups in total. The van der Waals surface area contributed by atoms with Gasteiger partial charge in [-0.05, 0) is 24.2 Å². The van der Waals surface area contributed by atoms with Gasteiger partial charge < -0.3 is 0 Å². The fraction of sp³-hybridized carbons (Fsp3) is 1.00. The zero-order chi connectivity index (χ0) is 12.6. The van der Waals surface area contributed by atoms with Crippen LogP contribution in [0.4, 0.5) is 0 Å². The molecule has 102 valence electrons. The second-order valence-corrected chi connectivity index (χ2v) is 6.65. The Morgan fingerprint density at radius 3 is 1.47 bits per heavy atom. The SMILES string of the molecule is CCC(C)C1(C)CCCCCCCCCCC1. The fourth-order valence-corrected chi connectivity index (χ4v) is 3.41. The van der Waals surface area contributed by atoms with Crippen LogP contribution in [0.3, 0.4) is 0 Å². The van der Waals surface area contributed by atoms with Gasteiger partial charge in [0.15, 0.2) is 0 Å². The standard InChI is InChI=1S/C17H34/c1-4-16(2)17(3)14-12-10-8-6-5-7-9-11-13-15-17/h16H,4-15H2,1-3H3. The highest BCUT2D eigenvalue weighted by Gasteiger charge is 2.28. The molecule has 1 aliphatic rings. The molecule has 17 heavy (non-hydrogen) atoms. The van der Waals surface area contributed by atoms with E-state index in [9.17, 15) is 0 Å². The Hall–Kier alpha value is 0. The predicted molar refractivity (Wildman–Crippen MR) is 78.3 cm³/mol. The van der Waals surface area contributed by atoms with Crippen molar-refractivity contribution in [2.24, 2.45) is 11.3 Å². The van der Waals surface area contributed by atoms with Gasteiger partial charge in [0, 0.05) is 0 Å². The summed E-state index contributed by atoms with van der Waals surface area (Å²) in [5, 5.41) is 0. The van der Waals surface area contributed by atoms with Crippen molar-refractivity contribution in [2.45, 2.75) is 97.8 Å². The average Bonchev–Trinajstić information content (AvgIpc) is 2.32. The van der Waals surface area contributed by atoms with Crippen LogP contribution >= 0.6 is 0 Å². The van der Waals surface area contributed by atoms with Crippen molar-refractivity contribution in [3.8, 4) is 0 Å². The van der Waals surface area contributed by atoms with Crippen LogP contribution in [0.15, 0.2) is 0 Å². The fourth-order valence-electron chi connectivity index (χ4n) is 3.41. The number of hydrogen-bond acceptors (Lipinski definition) is 0. The highest BCUT2D eigenvalue weighted by atomic mass is 14.3. The van der Waals surface area contributed by atoms with Gasteiger partial charge in [-0.25, -0.2) is 0 Å². The van der Waals surface area contributed by atoms with Crippen molar-refractivity contribution in [3.05, 3.63) is 0 Å². The lowest BCUT2D eigenvalue weighted by Crippen LogP contribution is -2.25. The molecule has 1 fully saturated rings. The third-order valence-electron chi connectivity index (χ3n) is 5.30. The molecule has 0 aromatic heterocycles. The minimum absolute atomic E-state index is 0.633. The molecule has 1 rings (SSSR count). The third-order valence-corrected chi connectivity index (χ3v) is 5.30. The van der Waals surface area contributed by atoms with Crippen molar-refractivity contribution < 1.29 is 0 Å². The summed E-state index contributed by atoms with van der Waals surface area (Å²) < 4.78 is 0. The summed E-state index contributed by atoms with van der Waals surface area (Å²) in [6, 6.07) is 0. The van der Waals surface area contributed by atoms with Gasteiger partial charge in [0.25, 0.3) is 0 Å². The van der Waals surface area contributed by atoms with Crippen LogP contribution in [0, 0.1) is 11.3 Å². The van der Waals surface area contributed by atoms with Crippen molar-refractivity contribution >= 4 is 0 Å². The van der Waals surface area contributed by atoms with Gasteiger partial charge in [0.2, 0.25) is 0 Å². The summed E-state index contributed by atoms with van der Waals surface area (Å²) in [4.78, 5) is 0. The van der Waals surface area contributed by atoms with E-state index >= 15 is 0 Å². The van der Waals surface area contributed by atoms with Gasteiger partial charge in [0.05, 0.1) is 0 Å². The van der Waals surface area contributed by atoms with Gasteiger partial charge in [0.1, 0.15) is 0 Å². The lowest BCUT2D eigenvalue weighted by molar-refractivity contribution is 0.150. The van der Waals surface area contributed by atoms with Gasteiger partial charge in [-0.2, -0.15) is 0 Å². The quantitative estimate of drug-likeness (QED) is 0.526. The van der Waals surface area contributed by atoms with Crippen LogP contribution in [0.25, 0.3) is 0 Å². The molecule has 0 nitrogen and oxygen atoms in total. The Morgan fingerprint density at radius 2 is 1.12 bits per heavy atom. The minimum Gasteiger partial charge on any atom is -0.0651 e. The third kappa shape index (κ3) is 5.44. The number of hydrogen-bond donors (Lipinski definition) is 0. The monoisotopic (exact) mass is 238 g/mol. The molecule has 0 heteroatoms. The molecular weight excluding hydrogens is 204 g/mol. The molecule has 0 amide bonds. The van der Waals surface area contributed by atoms with Crippen LogP contribution in [-0.2, 0) is 0 Å². The van der Waals surface area contributed by atoms with E-state index in [1.807, 2.05) is 0 Å². The second kappa shape index (κ2) is 8.16. The molecule has 0 heterocycles. The Bertz CT molecular complexity index is 170. The molecule has 1 unspecified atom stereocenters. The van der Waals surface area contributed by atoms with Crippen LogP contribution < -0.4 is 0 Å². The van der Waals surface area contributed by atoms with Crippen LogP contribution in [0.5, 0.6) is 0 Å². The van der Waals surface area contributed by atoms with Crippen molar-refractivity contribution in [3.63, 3.8) is 0 Å². The maximum atomic E-state index is 2.56. The van der Waals surface area contributed by atoms with E-state index in [4.69, 9.17) is 0 Å². The topological polar surface area (TPSA) is 0 Å². The molecule has 1 aliphatic carbocycles. The van der Waals surface area contributed by atoms with E-state index in [2.05, 4.69) is 20.8 Å². The van der Waals surface area contributed by atoms with E-state index in [1.165, 1.54) is 77.0 Å². The normalized spacial score (nSPS) is 25.6. The van der Waals surface area contributed by atoms with E-state index in [1.54, 1.807) is 0 Å². The first-order valence-corrected chi connectivity index (χ1v) is 8.19. The molecule has 0 aromatic carbocycles. The predicted octanol–water partition coefficient (Wildman–Crippen LogP) is 6.34. The maximum absolute atomic E-state index is 2.56. The van der Waals surface area contributed by atoms with Crippen LogP contribution in [-0.4, -0.2) is 0 Å². The molecule has 0 aromatic rings. The lowest BCUT2D eigenvalue weighted by atomic mass is 9.69. The summed E-state index contributed by atoms with van der Waals surface area (Å²) in [7, 11) is 0. The summed E-state index contributed by atoms with van der Waals surface area (Å²) in [6.07, 6.45) is 17.6. The van der Waals surface area contributed by atoms with Gasteiger partial charge in [-0.15, -0.1) is 0 Å². The van der Waals surface area contributed by atoms with Crippen LogP contribution in [0.1, 0.15) is 97.8 Å². The summed E-state index contributed by atoms with van der Waals surface area (Å²) in [6.45, 7) is 7.41. The molecule has 0 spiro atoms. The van der Waals surface area contributed by atoms with E-state index in [-0.39, 0.29) is 0 Å². The molecule has 1 atom stereocenters. The second-order valence-electron chi connectivity index (χ2n) is 6.65. The van der Waals surface area contributed by atoms with Crippen molar-refractivity contribution in [1.29, 1.82) is 0 Å². The summed E-state index contributed by atoms with van der Waals surface area (Å²) in [5.74, 6) is 0.908. The molecule has 0 radical (unpaired) electrons. The Kier molecular flexibility index (Phi) is 7.23. The highest BCUT2D eigenvalue weighted by molar-refractivity contribution is 4.79. The summed E-state index contributed by atoms with van der Waals surface area (Å²) >= 11 is 0. The lowest BCUT2D eigenvalue weighted by Gasteiger charge is -2.36. The first kappa shape index (κ1) is 15.1. The Morgan fingerprint density at radius 1 is 0.765 bits per heavy atom. The Balaban J connectivity index is 2.47. The smallest absolute Gasteiger partial charge is 0.0300 e. The molecular formula is C17H34. The first-order valence-electron chi connectivity index (χ1n) is 8.19. The Labute approximate surface area is 110 Å².